The highest BCUT2D eigenvalue weighted by molar-refractivity contribution is 5.35. The minimum absolute atomic E-state index is 0.0310. The smallest absolute Gasteiger partial charge is 0.191 e. The van der Waals surface area contributed by atoms with Crippen molar-refractivity contribution in [2.45, 2.75) is 13.2 Å². The summed E-state index contributed by atoms with van der Waals surface area (Å²) in [7, 11) is 3.24. The fourth-order valence-corrected chi connectivity index (χ4v) is 2.03. The third kappa shape index (κ3) is 3.70. The first kappa shape index (κ1) is 15.3. The van der Waals surface area contributed by atoms with Crippen molar-refractivity contribution >= 4 is 0 Å². The van der Waals surface area contributed by atoms with Crippen LogP contribution in [0.4, 0.5) is 8.78 Å². The lowest BCUT2D eigenvalue weighted by Crippen LogP contribution is -2.07. The van der Waals surface area contributed by atoms with Gasteiger partial charge < -0.3 is 14.8 Å². The molecule has 0 saturated carbocycles. The molecule has 112 valence electrons. The molecule has 0 amide bonds. The van der Waals surface area contributed by atoms with Gasteiger partial charge in [-0.3, -0.25) is 0 Å². The number of benzene rings is 2. The monoisotopic (exact) mass is 293 g/mol. The Morgan fingerprint density at radius 2 is 1.76 bits per heavy atom. The van der Waals surface area contributed by atoms with E-state index in [4.69, 9.17) is 9.47 Å². The average Bonchev–Trinajstić information content (AvgIpc) is 2.47. The van der Waals surface area contributed by atoms with Crippen LogP contribution in [0.25, 0.3) is 0 Å². The van der Waals surface area contributed by atoms with Crippen LogP contribution in [0.2, 0.25) is 0 Å². The zero-order valence-electron chi connectivity index (χ0n) is 12.0. The molecule has 3 nitrogen and oxygen atoms in total. The maximum atomic E-state index is 13.9. The quantitative estimate of drug-likeness (QED) is 0.886. The van der Waals surface area contributed by atoms with Crippen LogP contribution in [-0.2, 0) is 13.2 Å². The molecule has 0 spiro atoms. The summed E-state index contributed by atoms with van der Waals surface area (Å²) in [6.45, 7) is 0.420. The van der Waals surface area contributed by atoms with Crippen LogP contribution < -0.4 is 14.8 Å². The van der Waals surface area contributed by atoms with Crippen LogP contribution in [0.5, 0.6) is 11.5 Å². The van der Waals surface area contributed by atoms with Gasteiger partial charge in [-0.2, -0.15) is 0 Å². The first-order valence-corrected chi connectivity index (χ1v) is 6.53. The van der Waals surface area contributed by atoms with Crippen molar-refractivity contribution in [2.24, 2.45) is 0 Å². The third-order valence-corrected chi connectivity index (χ3v) is 3.00. The maximum absolute atomic E-state index is 13.9. The molecular formula is C16H17F2NO2. The standard InChI is InChI=1S/C16H17F2NO2/c1-19-9-11-7-13(17)16(14(18)8-11)21-10-12-5-3-4-6-15(12)20-2/h3-8,19H,9-10H2,1-2H3. The van der Waals surface area contributed by atoms with Crippen molar-refractivity contribution in [3.8, 4) is 11.5 Å². The largest absolute Gasteiger partial charge is 0.496 e. The van der Waals surface area contributed by atoms with E-state index in [1.807, 2.05) is 12.1 Å². The molecule has 0 fully saturated rings. The fraction of sp³-hybridized carbons (Fsp3) is 0.250. The molecular weight excluding hydrogens is 276 g/mol. The average molecular weight is 293 g/mol. The lowest BCUT2D eigenvalue weighted by Gasteiger charge is -2.12. The molecule has 21 heavy (non-hydrogen) atoms. The first-order valence-electron chi connectivity index (χ1n) is 6.53. The van der Waals surface area contributed by atoms with Crippen LogP contribution in [0.1, 0.15) is 11.1 Å². The third-order valence-electron chi connectivity index (χ3n) is 3.00. The zero-order chi connectivity index (χ0) is 15.2. The van der Waals surface area contributed by atoms with Crippen LogP contribution in [0.15, 0.2) is 36.4 Å². The summed E-state index contributed by atoms with van der Waals surface area (Å²) in [5.41, 5.74) is 1.25. The molecule has 1 N–H and O–H groups in total. The van der Waals surface area contributed by atoms with Gasteiger partial charge in [-0.15, -0.1) is 0 Å². The summed E-state index contributed by atoms with van der Waals surface area (Å²) < 4.78 is 38.2. The Balaban J connectivity index is 2.16. The molecule has 0 aliphatic carbocycles. The topological polar surface area (TPSA) is 30.5 Å². The number of rotatable bonds is 6. The number of hydrogen-bond donors (Lipinski definition) is 1. The van der Waals surface area contributed by atoms with Gasteiger partial charge in [0.15, 0.2) is 17.4 Å². The lowest BCUT2D eigenvalue weighted by atomic mass is 10.2. The molecule has 0 aliphatic heterocycles. The van der Waals surface area contributed by atoms with E-state index in [0.29, 0.717) is 17.9 Å². The normalized spacial score (nSPS) is 10.5. The van der Waals surface area contributed by atoms with Gasteiger partial charge in [0.05, 0.1) is 7.11 Å². The van der Waals surface area contributed by atoms with Crippen molar-refractivity contribution in [1.82, 2.24) is 5.32 Å². The second-order valence-corrected chi connectivity index (χ2v) is 4.52. The van der Waals surface area contributed by atoms with E-state index < -0.39 is 11.6 Å². The lowest BCUT2D eigenvalue weighted by molar-refractivity contribution is 0.267. The van der Waals surface area contributed by atoms with Crippen LogP contribution in [-0.4, -0.2) is 14.2 Å². The molecule has 0 aliphatic rings. The van der Waals surface area contributed by atoms with Gasteiger partial charge >= 0.3 is 0 Å². The molecule has 2 rings (SSSR count). The van der Waals surface area contributed by atoms with Gasteiger partial charge in [-0.25, -0.2) is 8.78 Å². The zero-order valence-corrected chi connectivity index (χ0v) is 12.0. The summed E-state index contributed by atoms with van der Waals surface area (Å²) in [6.07, 6.45) is 0. The maximum Gasteiger partial charge on any atom is 0.191 e. The predicted octanol–water partition coefficient (Wildman–Crippen LogP) is 3.27. The van der Waals surface area contributed by atoms with Gasteiger partial charge in [-0.1, -0.05) is 18.2 Å². The van der Waals surface area contributed by atoms with Crippen molar-refractivity contribution in [3.63, 3.8) is 0 Å². The first-order chi connectivity index (χ1) is 10.2. The van der Waals surface area contributed by atoms with E-state index in [-0.39, 0.29) is 12.4 Å². The minimum Gasteiger partial charge on any atom is -0.496 e. The van der Waals surface area contributed by atoms with E-state index >= 15 is 0 Å². The molecule has 0 unspecified atom stereocenters. The van der Waals surface area contributed by atoms with Crippen molar-refractivity contribution in [2.75, 3.05) is 14.2 Å². The van der Waals surface area contributed by atoms with Gasteiger partial charge in [0.1, 0.15) is 12.4 Å². The molecule has 5 heteroatoms. The summed E-state index contributed by atoms with van der Waals surface area (Å²) in [6, 6.07) is 9.69. The Morgan fingerprint density at radius 3 is 2.38 bits per heavy atom. The Hall–Kier alpha value is -2.14. The molecule has 2 aromatic rings. The van der Waals surface area contributed by atoms with Crippen molar-refractivity contribution < 1.29 is 18.3 Å². The highest BCUT2D eigenvalue weighted by atomic mass is 19.1. The van der Waals surface area contributed by atoms with Crippen molar-refractivity contribution in [3.05, 3.63) is 59.2 Å². The van der Waals surface area contributed by atoms with E-state index in [1.165, 1.54) is 19.2 Å². The van der Waals surface area contributed by atoms with Gasteiger partial charge in [0.25, 0.3) is 0 Å². The molecule has 0 heterocycles. The summed E-state index contributed by atoms with van der Waals surface area (Å²) in [5.74, 6) is -1.18. The molecule has 2 aromatic carbocycles. The second kappa shape index (κ2) is 7.04. The minimum atomic E-state index is -0.713. The van der Waals surface area contributed by atoms with Gasteiger partial charge in [0, 0.05) is 12.1 Å². The van der Waals surface area contributed by atoms with E-state index in [2.05, 4.69) is 5.32 Å². The molecule has 0 saturated heterocycles. The number of nitrogens with one attached hydrogen (secondary N) is 1. The number of hydrogen-bond acceptors (Lipinski definition) is 3. The van der Waals surface area contributed by atoms with E-state index in [9.17, 15) is 8.78 Å². The van der Waals surface area contributed by atoms with Crippen molar-refractivity contribution in [1.29, 1.82) is 0 Å². The second-order valence-electron chi connectivity index (χ2n) is 4.52. The number of halogens is 2. The van der Waals surface area contributed by atoms with E-state index in [0.717, 1.165) is 5.56 Å². The SMILES string of the molecule is CNCc1cc(F)c(OCc2ccccc2OC)c(F)c1. The van der Waals surface area contributed by atoms with Crippen LogP contribution in [0.3, 0.4) is 0 Å². The Bertz CT molecular complexity index is 594. The highest BCUT2D eigenvalue weighted by Gasteiger charge is 2.13. The summed E-state index contributed by atoms with van der Waals surface area (Å²) >= 11 is 0. The number of methoxy groups -OCH3 is 1. The molecule has 0 radical (unpaired) electrons. The Labute approximate surface area is 122 Å². The molecule has 0 bridgehead atoms. The Morgan fingerprint density at radius 1 is 1.10 bits per heavy atom. The van der Waals surface area contributed by atoms with Gasteiger partial charge in [-0.05, 0) is 30.8 Å². The Kier molecular flexibility index (Phi) is 5.11. The highest BCUT2D eigenvalue weighted by Crippen LogP contribution is 2.26. The van der Waals surface area contributed by atoms with Crippen LogP contribution >= 0.6 is 0 Å². The molecule has 0 atom stereocenters. The summed E-state index contributed by atoms with van der Waals surface area (Å²) in [5, 5.41) is 2.84. The predicted molar refractivity (Wildman–Crippen MR) is 76.4 cm³/mol. The van der Waals surface area contributed by atoms with Crippen LogP contribution in [0, 0.1) is 11.6 Å². The van der Waals surface area contributed by atoms with Gasteiger partial charge in [0.2, 0.25) is 0 Å². The fourth-order valence-electron chi connectivity index (χ4n) is 2.03. The van der Waals surface area contributed by atoms with E-state index in [1.54, 1.807) is 19.2 Å². The number of para-hydroxylation sites is 1. The molecule has 0 aromatic heterocycles. The summed E-state index contributed by atoms with van der Waals surface area (Å²) in [4.78, 5) is 0. The number of ether oxygens (including phenoxy) is 2.